The molecule has 2 fully saturated rings. The van der Waals surface area contributed by atoms with Crippen molar-refractivity contribution in [3.05, 3.63) is 33.7 Å². The van der Waals surface area contributed by atoms with Crippen LogP contribution in [0.3, 0.4) is 0 Å². The second kappa shape index (κ2) is 7.23. The van der Waals surface area contributed by atoms with Gasteiger partial charge in [0, 0.05) is 50.8 Å². The number of hydrogen-bond acceptors (Lipinski definition) is 4. The van der Waals surface area contributed by atoms with Crippen LogP contribution in [-0.2, 0) is 11.8 Å². The van der Waals surface area contributed by atoms with E-state index in [-0.39, 0.29) is 35.0 Å². The molecule has 0 aromatic carbocycles. The van der Waals surface area contributed by atoms with Gasteiger partial charge in [-0.3, -0.25) is 14.4 Å². The summed E-state index contributed by atoms with van der Waals surface area (Å²) in [6.45, 7) is 3.88. The van der Waals surface area contributed by atoms with Crippen LogP contribution in [0.1, 0.15) is 41.7 Å². The summed E-state index contributed by atoms with van der Waals surface area (Å²) in [6.07, 6.45) is 3.02. The lowest BCUT2D eigenvalue weighted by atomic mass is 9.73. The summed E-state index contributed by atoms with van der Waals surface area (Å²) in [7, 11) is 1.67. The molecule has 0 aliphatic carbocycles. The normalized spacial score (nSPS) is 23.6. The third kappa shape index (κ3) is 3.40. The van der Waals surface area contributed by atoms with Crippen LogP contribution in [0, 0.1) is 12.3 Å². The van der Waals surface area contributed by atoms with E-state index < -0.39 is 0 Å². The van der Waals surface area contributed by atoms with Gasteiger partial charge < -0.3 is 19.5 Å². The van der Waals surface area contributed by atoms with Gasteiger partial charge in [-0.15, -0.1) is 0 Å². The van der Waals surface area contributed by atoms with Crippen molar-refractivity contribution in [3.63, 3.8) is 0 Å². The molecule has 26 heavy (non-hydrogen) atoms. The number of pyridine rings is 1. The number of β-amino-alcohol motifs (C(OH)–C–C–N with tert-alkyl or cyclic N) is 1. The van der Waals surface area contributed by atoms with Crippen molar-refractivity contribution >= 4 is 11.8 Å². The van der Waals surface area contributed by atoms with E-state index in [1.807, 2.05) is 6.92 Å². The fourth-order valence-corrected chi connectivity index (χ4v) is 4.20. The molecular formula is C19H27N3O4. The Kier molecular flexibility index (Phi) is 5.18. The fraction of sp³-hybridized carbons (Fsp3) is 0.632. The number of aliphatic hydroxyl groups excluding tert-OH is 1. The quantitative estimate of drug-likeness (QED) is 0.851. The number of rotatable bonds is 3. The smallest absolute Gasteiger partial charge is 0.263 e. The van der Waals surface area contributed by atoms with Gasteiger partial charge in [-0.1, -0.05) is 0 Å². The van der Waals surface area contributed by atoms with Crippen LogP contribution in [0.25, 0.3) is 0 Å². The van der Waals surface area contributed by atoms with Crippen LogP contribution in [0.2, 0.25) is 0 Å². The second-order valence-electron chi connectivity index (χ2n) is 7.62. The molecule has 1 N–H and O–H groups in total. The van der Waals surface area contributed by atoms with Gasteiger partial charge in [0.15, 0.2) is 0 Å². The van der Waals surface area contributed by atoms with Gasteiger partial charge in [0.05, 0.1) is 6.61 Å². The van der Waals surface area contributed by atoms with E-state index in [1.54, 1.807) is 29.0 Å². The maximum absolute atomic E-state index is 13.0. The van der Waals surface area contributed by atoms with Crippen LogP contribution < -0.4 is 5.56 Å². The molecule has 1 atom stereocenters. The number of hydrogen-bond donors (Lipinski definition) is 1. The molecule has 1 spiro atoms. The Hall–Kier alpha value is -2.15. The van der Waals surface area contributed by atoms with Gasteiger partial charge in [0.25, 0.3) is 11.5 Å². The van der Waals surface area contributed by atoms with Crippen LogP contribution in [0.5, 0.6) is 0 Å². The minimum atomic E-state index is -0.268. The molecule has 0 bridgehead atoms. The van der Waals surface area contributed by atoms with Crippen LogP contribution in [-0.4, -0.2) is 64.1 Å². The molecule has 142 valence electrons. The standard InChI is InChI=1S/C19H27N3O4/c1-14-4-5-15(17(25)20(14)2)18(26)22-9-3-7-19(13-22)8-6-16(24)21(12-19)10-11-23/h4-5,23H,3,6-13H2,1-2H3/t19-/m1/s1. The average molecular weight is 361 g/mol. The summed E-state index contributed by atoms with van der Waals surface area (Å²) in [5, 5.41) is 9.20. The Bertz CT molecular complexity index is 773. The minimum Gasteiger partial charge on any atom is -0.395 e. The van der Waals surface area contributed by atoms with Crippen molar-refractivity contribution in [2.75, 3.05) is 32.8 Å². The number of aryl methyl sites for hydroxylation is 1. The molecular weight excluding hydrogens is 334 g/mol. The van der Waals surface area contributed by atoms with Crippen LogP contribution in [0.4, 0.5) is 0 Å². The van der Waals surface area contributed by atoms with Gasteiger partial charge >= 0.3 is 0 Å². The Morgan fingerprint density at radius 1 is 1.23 bits per heavy atom. The zero-order valence-electron chi connectivity index (χ0n) is 15.5. The third-order valence-electron chi connectivity index (χ3n) is 5.85. The van der Waals surface area contributed by atoms with Gasteiger partial charge in [-0.05, 0) is 38.3 Å². The summed E-state index contributed by atoms with van der Waals surface area (Å²) >= 11 is 0. The predicted molar refractivity (Wildman–Crippen MR) is 96.9 cm³/mol. The Morgan fingerprint density at radius 2 is 2.00 bits per heavy atom. The topological polar surface area (TPSA) is 82.9 Å². The summed E-state index contributed by atoms with van der Waals surface area (Å²) in [6, 6.07) is 3.40. The number of piperidine rings is 2. The Labute approximate surface area is 153 Å². The molecule has 2 saturated heterocycles. The first-order valence-electron chi connectivity index (χ1n) is 9.21. The highest BCUT2D eigenvalue weighted by Crippen LogP contribution is 2.39. The highest BCUT2D eigenvalue weighted by Gasteiger charge is 2.42. The minimum absolute atomic E-state index is 0.0517. The number of nitrogens with zero attached hydrogens (tertiary/aromatic N) is 3. The van der Waals surface area contributed by atoms with E-state index in [0.29, 0.717) is 32.6 Å². The van der Waals surface area contributed by atoms with Gasteiger partial charge in [-0.25, -0.2) is 0 Å². The van der Waals surface area contributed by atoms with E-state index >= 15 is 0 Å². The fourth-order valence-electron chi connectivity index (χ4n) is 4.20. The monoisotopic (exact) mass is 361 g/mol. The first-order chi connectivity index (χ1) is 12.4. The van der Waals surface area contributed by atoms with Crippen molar-refractivity contribution in [1.29, 1.82) is 0 Å². The maximum atomic E-state index is 13.0. The third-order valence-corrected chi connectivity index (χ3v) is 5.85. The number of likely N-dealkylation sites (tertiary alicyclic amines) is 2. The molecule has 0 unspecified atom stereocenters. The van der Waals surface area contributed by atoms with E-state index in [0.717, 1.165) is 25.0 Å². The zero-order chi connectivity index (χ0) is 18.9. The van der Waals surface area contributed by atoms with Crippen molar-refractivity contribution in [2.45, 2.75) is 32.6 Å². The largest absolute Gasteiger partial charge is 0.395 e. The number of aliphatic hydroxyl groups is 1. The van der Waals surface area contributed by atoms with Gasteiger partial charge in [-0.2, -0.15) is 0 Å². The number of amides is 2. The number of carbonyl (C=O) groups is 2. The molecule has 1 aromatic rings. The highest BCUT2D eigenvalue weighted by atomic mass is 16.3. The summed E-state index contributed by atoms with van der Waals surface area (Å²) < 4.78 is 1.50. The summed E-state index contributed by atoms with van der Waals surface area (Å²) in [5.41, 5.74) is 0.615. The molecule has 3 rings (SSSR count). The number of carbonyl (C=O) groups excluding carboxylic acids is 2. The first kappa shape index (κ1) is 18.6. The van der Waals surface area contributed by atoms with E-state index in [4.69, 9.17) is 0 Å². The molecule has 1 aromatic heterocycles. The van der Waals surface area contributed by atoms with E-state index in [2.05, 4.69) is 0 Å². The van der Waals surface area contributed by atoms with E-state index in [9.17, 15) is 19.5 Å². The highest BCUT2D eigenvalue weighted by molar-refractivity contribution is 5.94. The average Bonchev–Trinajstić information content (AvgIpc) is 2.63. The number of aromatic nitrogens is 1. The second-order valence-corrected chi connectivity index (χ2v) is 7.62. The molecule has 2 aliphatic rings. The summed E-state index contributed by atoms with van der Waals surface area (Å²) in [4.78, 5) is 41.0. The van der Waals surface area contributed by atoms with Crippen molar-refractivity contribution in [2.24, 2.45) is 12.5 Å². The van der Waals surface area contributed by atoms with Crippen molar-refractivity contribution < 1.29 is 14.7 Å². The lowest BCUT2D eigenvalue weighted by molar-refractivity contribution is -0.139. The van der Waals surface area contributed by atoms with E-state index in [1.165, 1.54) is 4.57 Å². The van der Waals surface area contributed by atoms with Gasteiger partial charge in [0.2, 0.25) is 5.91 Å². The van der Waals surface area contributed by atoms with Gasteiger partial charge in [0.1, 0.15) is 5.56 Å². The molecule has 2 amide bonds. The Morgan fingerprint density at radius 3 is 2.73 bits per heavy atom. The zero-order valence-corrected chi connectivity index (χ0v) is 15.5. The lowest BCUT2D eigenvalue weighted by Gasteiger charge is -2.48. The maximum Gasteiger partial charge on any atom is 0.263 e. The predicted octanol–water partition coefficient (Wildman–Crippen LogP) is 0.531. The summed E-state index contributed by atoms with van der Waals surface area (Å²) in [5.74, 6) is -0.157. The lowest BCUT2D eigenvalue weighted by Crippen LogP contribution is -2.55. The molecule has 7 nitrogen and oxygen atoms in total. The molecule has 3 heterocycles. The molecule has 7 heteroatoms. The molecule has 0 radical (unpaired) electrons. The van der Waals surface area contributed by atoms with Crippen LogP contribution in [0.15, 0.2) is 16.9 Å². The SMILES string of the molecule is Cc1ccc(C(=O)N2CCC[C@]3(CCC(=O)N(CCO)C3)C2)c(=O)n1C. The van der Waals surface area contributed by atoms with Crippen LogP contribution >= 0.6 is 0 Å². The first-order valence-corrected chi connectivity index (χ1v) is 9.21. The Balaban J connectivity index is 1.80. The molecule has 2 aliphatic heterocycles. The molecule has 0 saturated carbocycles. The van der Waals surface area contributed by atoms with Crippen molar-refractivity contribution in [3.8, 4) is 0 Å². The van der Waals surface area contributed by atoms with Crippen molar-refractivity contribution in [1.82, 2.24) is 14.4 Å².